The number of carbonyl (C=O) groups is 3. The van der Waals surface area contributed by atoms with E-state index in [4.69, 9.17) is 9.84 Å². The average molecular weight is 402 g/mol. The number of hydrogen-bond donors (Lipinski definition) is 1. The van der Waals surface area contributed by atoms with Crippen molar-refractivity contribution in [2.24, 2.45) is 5.41 Å². The Labute approximate surface area is 172 Å². The zero-order valence-electron chi connectivity index (χ0n) is 18.9. The summed E-state index contributed by atoms with van der Waals surface area (Å²) in [7, 11) is 1.00. The van der Waals surface area contributed by atoms with Crippen molar-refractivity contribution in [1.29, 1.82) is 0 Å². The molecule has 0 aromatic carbocycles. The number of aliphatic hydroxyl groups excluding tert-OH is 1. The molecule has 0 aromatic rings. The van der Waals surface area contributed by atoms with E-state index in [-0.39, 0.29) is 11.3 Å². The Morgan fingerprint density at radius 2 is 1.57 bits per heavy atom. The van der Waals surface area contributed by atoms with Gasteiger partial charge in [-0.3, -0.25) is 14.4 Å². The average Bonchev–Trinajstić information content (AvgIpc) is 2.74. The van der Waals surface area contributed by atoms with E-state index in [9.17, 15) is 14.4 Å². The van der Waals surface area contributed by atoms with E-state index >= 15 is 0 Å². The SMILES string of the molecule is CCC(C)(CC)COC=O.CCCCCCN(CCC)C(=O)/C=C\C=O.CO. The Balaban J connectivity index is -0.000000447. The maximum Gasteiger partial charge on any atom is 0.293 e. The maximum atomic E-state index is 11.6. The summed E-state index contributed by atoms with van der Waals surface area (Å²) in [5.74, 6) is -0.0505. The lowest BCUT2D eigenvalue weighted by molar-refractivity contribution is -0.132. The number of hydrogen-bond acceptors (Lipinski definition) is 5. The highest BCUT2D eigenvalue weighted by Crippen LogP contribution is 2.24. The van der Waals surface area contributed by atoms with Crippen LogP contribution >= 0.6 is 0 Å². The molecule has 0 aliphatic heterocycles. The molecule has 0 saturated heterocycles. The molecule has 0 aliphatic carbocycles. The zero-order chi connectivity index (χ0) is 22.3. The third-order valence-electron chi connectivity index (χ3n) is 4.61. The summed E-state index contributed by atoms with van der Waals surface area (Å²) in [6.45, 7) is 13.2. The Bertz CT molecular complexity index is 392. The fourth-order valence-corrected chi connectivity index (χ4v) is 2.25. The van der Waals surface area contributed by atoms with Crippen molar-refractivity contribution in [2.75, 3.05) is 26.8 Å². The largest absolute Gasteiger partial charge is 0.467 e. The number of allylic oxidation sites excluding steroid dienone is 1. The molecule has 1 amide bonds. The molecule has 1 N–H and O–H groups in total. The van der Waals surface area contributed by atoms with Gasteiger partial charge in [0.15, 0.2) is 0 Å². The number of rotatable bonds is 14. The second kappa shape index (κ2) is 23.3. The van der Waals surface area contributed by atoms with Crippen molar-refractivity contribution in [2.45, 2.75) is 79.6 Å². The van der Waals surface area contributed by atoms with Crippen LogP contribution in [0.4, 0.5) is 0 Å². The molecule has 0 fully saturated rings. The molecule has 0 radical (unpaired) electrons. The molecule has 166 valence electrons. The van der Waals surface area contributed by atoms with E-state index in [2.05, 4.69) is 34.6 Å². The van der Waals surface area contributed by atoms with Crippen LogP contribution in [0, 0.1) is 5.41 Å². The van der Waals surface area contributed by atoms with Crippen LogP contribution in [0.15, 0.2) is 12.2 Å². The molecule has 0 spiro atoms. The smallest absolute Gasteiger partial charge is 0.293 e. The minimum Gasteiger partial charge on any atom is -0.467 e. The molecule has 6 nitrogen and oxygen atoms in total. The summed E-state index contributed by atoms with van der Waals surface area (Å²) >= 11 is 0. The van der Waals surface area contributed by atoms with Gasteiger partial charge in [0.1, 0.15) is 6.29 Å². The topological polar surface area (TPSA) is 83.9 Å². The number of unbranched alkanes of at least 4 members (excludes halogenated alkanes) is 3. The highest BCUT2D eigenvalue weighted by Gasteiger charge is 2.19. The van der Waals surface area contributed by atoms with Gasteiger partial charge in [-0.2, -0.15) is 0 Å². The summed E-state index contributed by atoms with van der Waals surface area (Å²) in [5.41, 5.74) is 0.181. The first-order valence-electron chi connectivity index (χ1n) is 10.3. The van der Waals surface area contributed by atoms with E-state index in [0.717, 1.165) is 45.9 Å². The van der Waals surface area contributed by atoms with E-state index in [1.54, 1.807) is 0 Å². The van der Waals surface area contributed by atoms with Crippen LogP contribution in [0.1, 0.15) is 79.6 Å². The van der Waals surface area contributed by atoms with E-state index in [0.29, 0.717) is 19.4 Å². The predicted molar refractivity (Wildman–Crippen MR) is 115 cm³/mol. The predicted octanol–water partition coefficient (Wildman–Crippen LogP) is 4.15. The van der Waals surface area contributed by atoms with Gasteiger partial charge >= 0.3 is 0 Å². The minimum absolute atomic E-state index is 0.0505. The quantitative estimate of drug-likeness (QED) is 0.268. The molecule has 0 aromatic heterocycles. The second-order valence-electron chi connectivity index (χ2n) is 6.81. The lowest BCUT2D eigenvalue weighted by atomic mass is 9.86. The maximum absolute atomic E-state index is 11.6. The molecule has 28 heavy (non-hydrogen) atoms. The third-order valence-corrected chi connectivity index (χ3v) is 4.61. The normalized spacial score (nSPS) is 10.2. The van der Waals surface area contributed by atoms with Crippen molar-refractivity contribution in [1.82, 2.24) is 4.90 Å². The Morgan fingerprint density at radius 3 is 2.00 bits per heavy atom. The zero-order valence-corrected chi connectivity index (χ0v) is 18.9. The van der Waals surface area contributed by atoms with Gasteiger partial charge in [-0.05, 0) is 31.8 Å². The van der Waals surface area contributed by atoms with Gasteiger partial charge in [0.2, 0.25) is 5.91 Å². The van der Waals surface area contributed by atoms with Crippen molar-refractivity contribution >= 4 is 18.7 Å². The van der Waals surface area contributed by atoms with Crippen LogP contribution in [-0.4, -0.2) is 55.5 Å². The van der Waals surface area contributed by atoms with Gasteiger partial charge in [-0.15, -0.1) is 0 Å². The van der Waals surface area contributed by atoms with E-state index in [1.807, 2.05) is 4.90 Å². The lowest BCUT2D eigenvalue weighted by Crippen LogP contribution is -2.31. The number of aliphatic hydroxyl groups is 1. The first-order valence-corrected chi connectivity index (χ1v) is 10.3. The summed E-state index contributed by atoms with van der Waals surface area (Å²) < 4.78 is 4.70. The minimum atomic E-state index is -0.0505. The van der Waals surface area contributed by atoms with Gasteiger partial charge < -0.3 is 14.7 Å². The van der Waals surface area contributed by atoms with Gasteiger partial charge in [0, 0.05) is 31.7 Å². The van der Waals surface area contributed by atoms with Crippen molar-refractivity contribution in [3.05, 3.63) is 12.2 Å². The molecular weight excluding hydrogens is 358 g/mol. The number of carbonyl (C=O) groups excluding carboxylic acids is 3. The van der Waals surface area contributed by atoms with Crippen LogP contribution in [-0.2, 0) is 19.1 Å². The Kier molecular flexibility index (Phi) is 25.9. The molecule has 0 rings (SSSR count). The molecule has 6 heteroatoms. The molecule has 0 aliphatic rings. The molecule has 0 unspecified atom stereocenters. The molecule has 0 atom stereocenters. The molecule has 0 heterocycles. The summed E-state index contributed by atoms with van der Waals surface area (Å²) in [6, 6.07) is 0. The van der Waals surface area contributed by atoms with Crippen LogP contribution in [0.25, 0.3) is 0 Å². The molecule has 0 saturated carbocycles. The summed E-state index contributed by atoms with van der Waals surface area (Å²) in [4.78, 5) is 33.4. The Hall–Kier alpha value is -1.69. The van der Waals surface area contributed by atoms with Gasteiger partial charge in [-0.25, -0.2) is 0 Å². The molecule has 0 bridgehead atoms. The van der Waals surface area contributed by atoms with E-state index < -0.39 is 0 Å². The van der Waals surface area contributed by atoms with Crippen LogP contribution in [0.5, 0.6) is 0 Å². The first-order chi connectivity index (χ1) is 13.4. The third kappa shape index (κ3) is 19.1. The van der Waals surface area contributed by atoms with Crippen molar-refractivity contribution in [3.8, 4) is 0 Å². The fraction of sp³-hybridized carbons (Fsp3) is 0.773. The summed E-state index contributed by atoms with van der Waals surface area (Å²) in [5, 5.41) is 7.00. The van der Waals surface area contributed by atoms with Crippen molar-refractivity contribution in [3.63, 3.8) is 0 Å². The highest BCUT2D eigenvalue weighted by atomic mass is 16.5. The van der Waals surface area contributed by atoms with Gasteiger partial charge in [-0.1, -0.05) is 53.9 Å². The van der Waals surface area contributed by atoms with Crippen LogP contribution in [0.3, 0.4) is 0 Å². The fourth-order valence-electron chi connectivity index (χ4n) is 2.25. The van der Waals surface area contributed by atoms with Crippen molar-refractivity contribution < 1.29 is 24.2 Å². The van der Waals surface area contributed by atoms with Gasteiger partial charge in [0.05, 0.1) is 6.61 Å². The van der Waals surface area contributed by atoms with Crippen LogP contribution in [0.2, 0.25) is 0 Å². The van der Waals surface area contributed by atoms with Gasteiger partial charge in [0.25, 0.3) is 6.47 Å². The number of aldehydes is 1. The van der Waals surface area contributed by atoms with Crippen LogP contribution < -0.4 is 0 Å². The number of amides is 1. The highest BCUT2D eigenvalue weighted by molar-refractivity contribution is 5.90. The molecular formula is C22H43NO5. The monoisotopic (exact) mass is 401 g/mol. The Morgan fingerprint density at radius 1 is 0.964 bits per heavy atom. The standard InChI is InChI=1S/C13H23NO2.C8H16O2.CH4O/c1-3-5-6-7-11-14(10-4-2)13(16)9-8-12-15;1-4-8(3,5-2)6-10-7-9;1-2/h8-9,12H,3-7,10-11H2,1-2H3;7H,4-6H2,1-3H3;2H,1H3/b9-8-;;. The number of ether oxygens (including phenoxy) is 1. The van der Waals surface area contributed by atoms with E-state index in [1.165, 1.54) is 31.4 Å². The second-order valence-corrected chi connectivity index (χ2v) is 6.81. The number of nitrogens with zero attached hydrogens (tertiary/aromatic N) is 1. The first kappa shape index (κ1) is 31.0. The summed E-state index contributed by atoms with van der Waals surface area (Å²) in [6.07, 6.45) is 10.9. The lowest BCUT2D eigenvalue weighted by Gasteiger charge is -2.24.